The number of carbonyl (C=O) groups excluding carboxylic acids is 2. The molecule has 0 heterocycles. The Morgan fingerprint density at radius 2 is 1.36 bits per heavy atom. The van der Waals surface area contributed by atoms with E-state index in [0.717, 1.165) is 13.1 Å². The Hall–Kier alpha value is -1.18. The second kappa shape index (κ2) is 11.4. The monoisotopic (exact) mass is 359 g/mol. The van der Waals surface area contributed by atoms with E-state index in [1.807, 2.05) is 48.5 Å². The van der Waals surface area contributed by atoms with Crippen LogP contribution >= 0.6 is 0 Å². The fraction of sp³-hybridized carbons (Fsp3) is 0.889. The largest absolute Gasteiger partial charge is 0.459 e. The minimum absolute atomic E-state index is 0.202. The van der Waals surface area contributed by atoms with Gasteiger partial charge in [0.2, 0.25) is 0 Å². The molecule has 0 aromatic heterocycles. The van der Waals surface area contributed by atoms with E-state index < -0.39 is 11.2 Å². The molecule has 0 saturated heterocycles. The summed E-state index contributed by atoms with van der Waals surface area (Å²) in [6.07, 6.45) is 0.687. The first-order valence-corrected chi connectivity index (χ1v) is 9.04. The SMILES string of the molecule is CCC(NCCNCCNCC(=O)OC(C)(C)C)C(=O)OC(C)(C)C. The molecular weight excluding hydrogens is 322 g/mol. The van der Waals surface area contributed by atoms with E-state index in [9.17, 15) is 9.59 Å². The maximum absolute atomic E-state index is 12.0. The molecule has 1 unspecified atom stereocenters. The average Bonchev–Trinajstić information content (AvgIpc) is 2.41. The molecule has 3 N–H and O–H groups in total. The Balaban J connectivity index is 3.71. The minimum Gasteiger partial charge on any atom is -0.459 e. The smallest absolute Gasteiger partial charge is 0.323 e. The van der Waals surface area contributed by atoms with Crippen molar-refractivity contribution in [1.29, 1.82) is 0 Å². The van der Waals surface area contributed by atoms with Crippen LogP contribution in [0.3, 0.4) is 0 Å². The van der Waals surface area contributed by atoms with Crippen LogP contribution in [0.5, 0.6) is 0 Å². The normalized spacial score (nSPS) is 13.4. The van der Waals surface area contributed by atoms with Gasteiger partial charge < -0.3 is 25.4 Å². The summed E-state index contributed by atoms with van der Waals surface area (Å²) >= 11 is 0. The third-order valence-electron chi connectivity index (χ3n) is 2.96. The van der Waals surface area contributed by atoms with Crippen molar-refractivity contribution in [2.24, 2.45) is 0 Å². The summed E-state index contributed by atoms with van der Waals surface area (Å²) in [7, 11) is 0. The van der Waals surface area contributed by atoms with E-state index in [1.165, 1.54) is 0 Å². The van der Waals surface area contributed by atoms with Crippen molar-refractivity contribution in [2.45, 2.75) is 72.1 Å². The Kier molecular flexibility index (Phi) is 10.9. The van der Waals surface area contributed by atoms with Crippen LogP contribution in [-0.2, 0) is 19.1 Å². The van der Waals surface area contributed by atoms with Gasteiger partial charge in [-0.25, -0.2) is 0 Å². The predicted octanol–water partition coefficient (Wildman–Crippen LogP) is 1.22. The second-order valence-electron chi connectivity index (χ2n) is 7.96. The van der Waals surface area contributed by atoms with Crippen LogP contribution in [0.1, 0.15) is 54.9 Å². The summed E-state index contributed by atoms with van der Waals surface area (Å²) in [4.78, 5) is 23.5. The van der Waals surface area contributed by atoms with Gasteiger partial charge in [-0.3, -0.25) is 9.59 Å². The highest BCUT2D eigenvalue weighted by molar-refractivity contribution is 5.76. The number of esters is 2. The van der Waals surface area contributed by atoms with Crippen molar-refractivity contribution in [2.75, 3.05) is 32.7 Å². The molecule has 0 aromatic carbocycles. The van der Waals surface area contributed by atoms with Crippen LogP contribution < -0.4 is 16.0 Å². The minimum atomic E-state index is -0.468. The van der Waals surface area contributed by atoms with E-state index in [4.69, 9.17) is 9.47 Å². The topological polar surface area (TPSA) is 88.7 Å². The molecule has 0 saturated carbocycles. The van der Waals surface area contributed by atoms with Crippen molar-refractivity contribution in [1.82, 2.24) is 16.0 Å². The molecule has 0 bridgehead atoms. The molecule has 0 rings (SSSR count). The van der Waals surface area contributed by atoms with Crippen LogP contribution in [0, 0.1) is 0 Å². The van der Waals surface area contributed by atoms with Gasteiger partial charge in [0, 0.05) is 26.2 Å². The highest BCUT2D eigenvalue weighted by Gasteiger charge is 2.23. The predicted molar refractivity (Wildman–Crippen MR) is 99.5 cm³/mol. The van der Waals surface area contributed by atoms with Gasteiger partial charge in [-0.05, 0) is 48.0 Å². The van der Waals surface area contributed by atoms with Crippen LogP contribution in [0.4, 0.5) is 0 Å². The van der Waals surface area contributed by atoms with Crippen molar-refractivity contribution in [3.8, 4) is 0 Å². The number of rotatable bonds is 11. The van der Waals surface area contributed by atoms with Crippen molar-refractivity contribution >= 4 is 11.9 Å². The van der Waals surface area contributed by atoms with Crippen molar-refractivity contribution in [3.63, 3.8) is 0 Å². The van der Waals surface area contributed by atoms with Gasteiger partial charge in [0.25, 0.3) is 0 Å². The molecule has 0 aliphatic rings. The Morgan fingerprint density at radius 1 is 0.840 bits per heavy atom. The van der Waals surface area contributed by atoms with E-state index in [-0.39, 0.29) is 24.5 Å². The number of carbonyl (C=O) groups is 2. The summed E-state index contributed by atoms with van der Waals surface area (Å²) in [5.74, 6) is -0.466. The van der Waals surface area contributed by atoms with Crippen LogP contribution in [0.15, 0.2) is 0 Å². The second-order valence-corrected chi connectivity index (χ2v) is 7.96. The van der Waals surface area contributed by atoms with E-state index in [0.29, 0.717) is 19.5 Å². The standard InChI is InChI=1S/C18H37N3O4/c1-8-14(16(23)25-18(5,6)7)21-12-11-19-9-10-20-13-15(22)24-17(2,3)4/h14,19-21H,8-13H2,1-7H3. The van der Waals surface area contributed by atoms with Crippen molar-refractivity contribution < 1.29 is 19.1 Å². The Bertz CT molecular complexity index is 400. The quantitative estimate of drug-likeness (QED) is 0.377. The molecule has 0 aliphatic heterocycles. The van der Waals surface area contributed by atoms with Crippen LogP contribution in [0.25, 0.3) is 0 Å². The summed E-state index contributed by atoms with van der Waals surface area (Å²) in [5.41, 5.74) is -0.920. The molecular formula is C18H37N3O4. The van der Waals surface area contributed by atoms with Gasteiger partial charge in [-0.2, -0.15) is 0 Å². The van der Waals surface area contributed by atoms with Crippen LogP contribution in [0.2, 0.25) is 0 Å². The molecule has 0 amide bonds. The first-order valence-electron chi connectivity index (χ1n) is 9.04. The summed E-state index contributed by atoms with van der Waals surface area (Å²) in [6.45, 7) is 16.1. The lowest BCUT2D eigenvalue weighted by atomic mass is 10.1. The highest BCUT2D eigenvalue weighted by atomic mass is 16.6. The van der Waals surface area contributed by atoms with E-state index >= 15 is 0 Å². The summed E-state index contributed by atoms with van der Waals surface area (Å²) in [6, 6.07) is -0.286. The van der Waals surface area contributed by atoms with Crippen molar-refractivity contribution in [3.05, 3.63) is 0 Å². The molecule has 0 aliphatic carbocycles. The Morgan fingerprint density at radius 3 is 1.88 bits per heavy atom. The molecule has 7 nitrogen and oxygen atoms in total. The number of hydrogen-bond acceptors (Lipinski definition) is 7. The third kappa shape index (κ3) is 14.8. The van der Waals surface area contributed by atoms with Gasteiger partial charge >= 0.3 is 11.9 Å². The zero-order valence-electron chi connectivity index (χ0n) is 17.0. The third-order valence-corrected chi connectivity index (χ3v) is 2.96. The number of nitrogens with one attached hydrogen (secondary N) is 3. The maximum Gasteiger partial charge on any atom is 0.323 e. The first-order chi connectivity index (χ1) is 11.4. The lowest BCUT2D eigenvalue weighted by Gasteiger charge is -2.24. The number of hydrogen-bond donors (Lipinski definition) is 3. The molecule has 1 atom stereocenters. The zero-order chi connectivity index (χ0) is 19.5. The summed E-state index contributed by atoms with van der Waals surface area (Å²) in [5, 5.41) is 9.47. The molecule has 25 heavy (non-hydrogen) atoms. The lowest BCUT2D eigenvalue weighted by molar-refractivity contribution is -0.157. The molecule has 0 radical (unpaired) electrons. The Labute approximate surface area is 152 Å². The number of ether oxygens (including phenoxy) is 2. The molecule has 0 aromatic rings. The first kappa shape index (κ1) is 23.8. The van der Waals surface area contributed by atoms with Crippen LogP contribution in [-0.4, -0.2) is 61.9 Å². The molecule has 0 spiro atoms. The van der Waals surface area contributed by atoms with Gasteiger partial charge in [0.05, 0.1) is 6.54 Å². The van der Waals surface area contributed by atoms with Gasteiger partial charge in [-0.15, -0.1) is 0 Å². The molecule has 7 heteroatoms. The van der Waals surface area contributed by atoms with E-state index in [2.05, 4.69) is 16.0 Å². The van der Waals surface area contributed by atoms with E-state index in [1.54, 1.807) is 0 Å². The van der Waals surface area contributed by atoms with Gasteiger partial charge in [0.15, 0.2) is 0 Å². The summed E-state index contributed by atoms with van der Waals surface area (Å²) < 4.78 is 10.6. The lowest BCUT2D eigenvalue weighted by Crippen LogP contribution is -2.43. The fourth-order valence-corrected chi connectivity index (χ4v) is 1.97. The average molecular weight is 360 g/mol. The highest BCUT2D eigenvalue weighted by Crippen LogP contribution is 2.09. The maximum atomic E-state index is 12.0. The zero-order valence-corrected chi connectivity index (χ0v) is 17.0. The van der Waals surface area contributed by atoms with Gasteiger partial charge in [-0.1, -0.05) is 6.92 Å². The molecule has 0 fully saturated rings. The molecule has 148 valence electrons. The fourth-order valence-electron chi connectivity index (χ4n) is 1.97. The van der Waals surface area contributed by atoms with Gasteiger partial charge in [0.1, 0.15) is 17.2 Å².